The molecule has 0 aliphatic carbocycles. The van der Waals surface area contributed by atoms with Crippen LogP contribution in [0, 0.1) is 0 Å². The quantitative estimate of drug-likeness (QED) is 0.465. The number of benzene rings is 2. The molecule has 0 unspecified atom stereocenters. The van der Waals surface area contributed by atoms with E-state index in [9.17, 15) is 0 Å². The van der Waals surface area contributed by atoms with Crippen LogP contribution >= 0.6 is 0 Å². The van der Waals surface area contributed by atoms with Gasteiger partial charge in [0.15, 0.2) is 0 Å². The Morgan fingerprint density at radius 1 is 0.897 bits per heavy atom. The zero-order valence-corrected chi connectivity index (χ0v) is 16.5. The van der Waals surface area contributed by atoms with Crippen LogP contribution in [0.2, 0.25) is 0 Å². The molecule has 7 heteroatoms. The first-order valence-electron chi connectivity index (χ1n) is 9.27. The number of pyridine rings is 1. The normalized spacial score (nSPS) is 10.9. The topological polar surface area (TPSA) is 79.5 Å². The zero-order chi connectivity index (χ0) is 20.2. The second-order valence-corrected chi connectivity index (χ2v) is 6.37. The van der Waals surface area contributed by atoms with E-state index in [1.54, 1.807) is 14.2 Å². The molecule has 0 aliphatic heterocycles. The van der Waals surface area contributed by atoms with Gasteiger partial charge in [0.1, 0.15) is 11.5 Å². The van der Waals surface area contributed by atoms with Crippen molar-refractivity contribution in [1.82, 2.24) is 15.1 Å². The number of hydrogen-bond donors (Lipinski definition) is 0. The first-order chi connectivity index (χ1) is 14.2. The molecular formula is C22H21N3O4. The van der Waals surface area contributed by atoms with E-state index in [1.807, 2.05) is 55.5 Å². The fourth-order valence-electron chi connectivity index (χ4n) is 3.02. The third kappa shape index (κ3) is 3.99. The molecule has 2 aromatic carbocycles. The SMILES string of the molecule is CCOc1nc2ccc(OC)cc2cc1-c1noc(Cc2ccc(OC)cc2)n1. The Labute approximate surface area is 168 Å². The summed E-state index contributed by atoms with van der Waals surface area (Å²) in [5.74, 6) is 2.98. The number of ether oxygens (including phenoxy) is 3. The van der Waals surface area contributed by atoms with Gasteiger partial charge < -0.3 is 18.7 Å². The standard InChI is InChI=1S/C22H21N3O4/c1-4-28-22-18(13-15-12-17(27-3)9-10-19(15)23-22)21-24-20(29-25-21)11-14-5-7-16(26-2)8-6-14/h5-10,12-13H,4,11H2,1-3H3. The molecule has 4 rings (SSSR count). The highest BCUT2D eigenvalue weighted by Crippen LogP contribution is 2.32. The van der Waals surface area contributed by atoms with Crippen molar-refractivity contribution < 1.29 is 18.7 Å². The van der Waals surface area contributed by atoms with Gasteiger partial charge in [-0.1, -0.05) is 17.3 Å². The van der Waals surface area contributed by atoms with Gasteiger partial charge in [-0.25, -0.2) is 4.98 Å². The van der Waals surface area contributed by atoms with Gasteiger partial charge in [-0.05, 0) is 48.9 Å². The van der Waals surface area contributed by atoms with Crippen LogP contribution < -0.4 is 14.2 Å². The van der Waals surface area contributed by atoms with E-state index >= 15 is 0 Å². The van der Waals surface area contributed by atoms with Crippen molar-refractivity contribution in [3.63, 3.8) is 0 Å². The monoisotopic (exact) mass is 391 g/mol. The molecule has 7 nitrogen and oxygen atoms in total. The summed E-state index contributed by atoms with van der Waals surface area (Å²) in [6.07, 6.45) is 0.524. The van der Waals surface area contributed by atoms with Gasteiger partial charge in [0, 0.05) is 5.39 Å². The zero-order valence-electron chi connectivity index (χ0n) is 16.5. The van der Waals surface area contributed by atoms with Crippen LogP contribution in [0.15, 0.2) is 53.1 Å². The highest BCUT2D eigenvalue weighted by atomic mass is 16.5. The molecule has 0 atom stereocenters. The molecule has 0 saturated carbocycles. The molecule has 29 heavy (non-hydrogen) atoms. The van der Waals surface area contributed by atoms with Crippen molar-refractivity contribution in [1.29, 1.82) is 0 Å². The molecular weight excluding hydrogens is 370 g/mol. The van der Waals surface area contributed by atoms with Crippen LogP contribution in [-0.2, 0) is 6.42 Å². The summed E-state index contributed by atoms with van der Waals surface area (Å²) in [7, 11) is 3.27. The van der Waals surface area contributed by atoms with Crippen molar-refractivity contribution in [2.24, 2.45) is 0 Å². The predicted molar refractivity (Wildman–Crippen MR) is 109 cm³/mol. The lowest BCUT2D eigenvalue weighted by Gasteiger charge is -2.09. The summed E-state index contributed by atoms with van der Waals surface area (Å²) in [4.78, 5) is 9.17. The van der Waals surface area contributed by atoms with Crippen molar-refractivity contribution in [2.75, 3.05) is 20.8 Å². The van der Waals surface area contributed by atoms with Crippen molar-refractivity contribution in [2.45, 2.75) is 13.3 Å². The molecule has 4 aromatic rings. The fraction of sp³-hybridized carbons (Fsp3) is 0.227. The van der Waals surface area contributed by atoms with Gasteiger partial charge in [-0.15, -0.1) is 0 Å². The third-order valence-electron chi connectivity index (χ3n) is 4.49. The third-order valence-corrected chi connectivity index (χ3v) is 4.49. The maximum atomic E-state index is 5.73. The highest BCUT2D eigenvalue weighted by molar-refractivity contribution is 5.86. The summed E-state index contributed by atoms with van der Waals surface area (Å²) < 4.78 is 21.7. The van der Waals surface area contributed by atoms with Crippen LogP contribution in [0.3, 0.4) is 0 Å². The van der Waals surface area contributed by atoms with E-state index in [-0.39, 0.29) is 0 Å². The summed E-state index contributed by atoms with van der Waals surface area (Å²) >= 11 is 0. The van der Waals surface area contributed by atoms with E-state index < -0.39 is 0 Å². The number of nitrogens with zero attached hydrogens (tertiary/aromatic N) is 3. The van der Waals surface area contributed by atoms with Crippen LogP contribution in [0.25, 0.3) is 22.3 Å². The van der Waals surface area contributed by atoms with Gasteiger partial charge >= 0.3 is 0 Å². The molecule has 148 valence electrons. The lowest BCUT2D eigenvalue weighted by molar-refractivity contribution is 0.329. The summed E-state index contributed by atoms with van der Waals surface area (Å²) in [6, 6.07) is 15.4. The number of methoxy groups -OCH3 is 2. The predicted octanol–water partition coefficient (Wildman–Crippen LogP) is 4.29. The molecule has 0 N–H and O–H groups in total. The number of aromatic nitrogens is 3. The van der Waals surface area contributed by atoms with Gasteiger partial charge in [0.05, 0.1) is 38.3 Å². The molecule has 0 aliphatic rings. The Morgan fingerprint density at radius 2 is 1.66 bits per heavy atom. The van der Waals surface area contributed by atoms with E-state index in [2.05, 4.69) is 15.1 Å². The van der Waals surface area contributed by atoms with E-state index in [1.165, 1.54) is 0 Å². The molecule has 0 bridgehead atoms. The van der Waals surface area contributed by atoms with E-state index in [0.29, 0.717) is 36.2 Å². The number of fused-ring (bicyclic) bond motifs is 1. The minimum Gasteiger partial charge on any atom is -0.497 e. The highest BCUT2D eigenvalue weighted by Gasteiger charge is 2.17. The van der Waals surface area contributed by atoms with Crippen LogP contribution in [0.5, 0.6) is 17.4 Å². The summed E-state index contributed by atoms with van der Waals surface area (Å²) in [5.41, 5.74) is 2.53. The molecule has 0 radical (unpaired) electrons. The second kappa shape index (κ2) is 8.18. The van der Waals surface area contributed by atoms with Crippen LogP contribution in [0.4, 0.5) is 0 Å². The average molecular weight is 391 g/mol. The molecule has 0 saturated heterocycles. The lowest BCUT2D eigenvalue weighted by atomic mass is 10.1. The lowest BCUT2D eigenvalue weighted by Crippen LogP contribution is -1.99. The van der Waals surface area contributed by atoms with E-state index in [0.717, 1.165) is 28.0 Å². The summed E-state index contributed by atoms with van der Waals surface area (Å²) in [6.45, 7) is 2.40. The first-order valence-corrected chi connectivity index (χ1v) is 9.27. The second-order valence-electron chi connectivity index (χ2n) is 6.37. The Hall–Kier alpha value is -3.61. The molecule has 2 aromatic heterocycles. The minimum absolute atomic E-state index is 0.439. The first kappa shape index (κ1) is 18.7. The maximum absolute atomic E-state index is 5.73. The van der Waals surface area contributed by atoms with Crippen molar-refractivity contribution in [3.8, 4) is 28.8 Å². The maximum Gasteiger partial charge on any atom is 0.231 e. The Bertz CT molecular complexity index is 1120. The van der Waals surface area contributed by atoms with Gasteiger partial charge in [0.25, 0.3) is 0 Å². The largest absolute Gasteiger partial charge is 0.497 e. The minimum atomic E-state index is 0.439. The van der Waals surface area contributed by atoms with Gasteiger partial charge in [-0.3, -0.25) is 0 Å². The van der Waals surface area contributed by atoms with Crippen LogP contribution in [-0.4, -0.2) is 36.0 Å². The Balaban J connectivity index is 1.68. The fourth-order valence-corrected chi connectivity index (χ4v) is 3.02. The van der Waals surface area contributed by atoms with Gasteiger partial charge in [-0.2, -0.15) is 4.98 Å². The molecule has 0 spiro atoms. The van der Waals surface area contributed by atoms with E-state index in [4.69, 9.17) is 18.7 Å². The number of hydrogen-bond acceptors (Lipinski definition) is 7. The smallest absolute Gasteiger partial charge is 0.231 e. The molecule has 0 amide bonds. The average Bonchev–Trinajstić information content (AvgIpc) is 3.22. The molecule has 0 fully saturated rings. The Kier molecular flexibility index (Phi) is 5.29. The number of rotatable bonds is 7. The van der Waals surface area contributed by atoms with Crippen molar-refractivity contribution in [3.05, 3.63) is 60.0 Å². The molecule has 2 heterocycles. The van der Waals surface area contributed by atoms with Crippen LogP contribution in [0.1, 0.15) is 18.4 Å². The summed E-state index contributed by atoms with van der Waals surface area (Å²) in [5, 5.41) is 5.05. The van der Waals surface area contributed by atoms with Gasteiger partial charge in [0.2, 0.25) is 17.6 Å². The Morgan fingerprint density at radius 3 is 2.38 bits per heavy atom. The van der Waals surface area contributed by atoms with Crippen molar-refractivity contribution >= 4 is 10.9 Å².